The Morgan fingerprint density at radius 1 is 1.05 bits per heavy atom. The zero-order valence-electron chi connectivity index (χ0n) is 20.7. The number of carbonyl (C=O) groups excluding carboxylic acids is 2. The van der Waals surface area contributed by atoms with Crippen molar-refractivity contribution in [3.8, 4) is 0 Å². The number of amides is 2. The van der Waals surface area contributed by atoms with Crippen molar-refractivity contribution in [2.45, 2.75) is 50.6 Å². The molecular weight excluding hydrogens is 512 g/mol. The van der Waals surface area contributed by atoms with Crippen LogP contribution in [0.2, 0.25) is 10.0 Å². The van der Waals surface area contributed by atoms with Crippen LogP contribution < -0.4 is 16.0 Å². The number of fused-ring (bicyclic) bond motifs is 2. The second-order valence-corrected chi connectivity index (χ2v) is 11.8. The summed E-state index contributed by atoms with van der Waals surface area (Å²) in [5.41, 5.74) is 0.580. The first kappa shape index (κ1) is 25.7. The molecule has 4 atom stereocenters. The highest BCUT2D eigenvalue weighted by molar-refractivity contribution is 6.31. The summed E-state index contributed by atoms with van der Waals surface area (Å²) in [6, 6.07) is 17.6. The minimum atomic E-state index is -1.28. The molecular formula is C29H28Cl2FN3O2. The third kappa shape index (κ3) is 4.41. The predicted octanol–water partition coefficient (Wildman–Crippen LogP) is 6.52. The first-order valence-corrected chi connectivity index (χ1v) is 13.0. The molecule has 2 aliphatic heterocycles. The van der Waals surface area contributed by atoms with Gasteiger partial charge in [-0.1, -0.05) is 80.4 Å². The molecule has 1 saturated heterocycles. The second kappa shape index (κ2) is 9.43. The minimum absolute atomic E-state index is 0.0659. The van der Waals surface area contributed by atoms with Crippen LogP contribution in [0.4, 0.5) is 15.8 Å². The molecule has 37 heavy (non-hydrogen) atoms. The largest absolute Gasteiger partial charge is 0.325 e. The molecule has 2 aliphatic rings. The molecule has 0 unspecified atom stereocenters. The van der Waals surface area contributed by atoms with E-state index in [1.165, 1.54) is 6.07 Å². The van der Waals surface area contributed by atoms with E-state index in [1.807, 2.05) is 18.2 Å². The van der Waals surface area contributed by atoms with Gasteiger partial charge in [-0.3, -0.25) is 9.59 Å². The van der Waals surface area contributed by atoms with Crippen molar-refractivity contribution in [3.63, 3.8) is 0 Å². The van der Waals surface area contributed by atoms with Gasteiger partial charge in [0.2, 0.25) is 11.8 Å². The van der Waals surface area contributed by atoms with Crippen molar-refractivity contribution in [2.24, 2.45) is 5.41 Å². The number of anilines is 2. The zero-order valence-corrected chi connectivity index (χ0v) is 22.3. The van der Waals surface area contributed by atoms with Gasteiger partial charge in [-0.05, 0) is 53.3 Å². The molecule has 5 nitrogen and oxygen atoms in total. The Hall–Kier alpha value is -2.93. The maximum Gasteiger partial charge on any atom is 0.242 e. The number of para-hydroxylation sites is 1. The smallest absolute Gasteiger partial charge is 0.242 e. The Kier molecular flexibility index (Phi) is 6.55. The van der Waals surface area contributed by atoms with Crippen LogP contribution in [0.5, 0.6) is 0 Å². The fourth-order valence-electron chi connectivity index (χ4n) is 5.89. The average Bonchev–Trinajstić information content (AvgIpc) is 3.30. The number of halogens is 3. The topological polar surface area (TPSA) is 70.2 Å². The monoisotopic (exact) mass is 539 g/mol. The molecule has 0 bridgehead atoms. The van der Waals surface area contributed by atoms with E-state index in [0.717, 1.165) is 0 Å². The zero-order chi connectivity index (χ0) is 26.5. The Balaban J connectivity index is 1.74. The molecule has 0 radical (unpaired) electrons. The van der Waals surface area contributed by atoms with Crippen molar-refractivity contribution in [1.29, 1.82) is 0 Å². The summed E-state index contributed by atoms with van der Waals surface area (Å²) < 4.78 is 15.7. The Morgan fingerprint density at radius 3 is 2.49 bits per heavy atom. The van der Waals surface area contributed by atoms with E-state index in [4.69, 9.17) is 23.2 Å². The number of carbonyl (C=O) groups is 2. The van der Waals surface area contributed by atoms with Gasteiger partial charge in [0.25, 0.3) is 0 Å². The summed E-state index contributed by atoms with van der Waals surface area (Å²) in [7, 11) is 0. The fourth-order valence-corrected chi connectivity index (χ4v) is 6.25. The SMILES string of the molecule is CC(C)(C)C[C@@H]1N[C@@H](C(=O)Nc2ccccc2)[C@H](c2cccc(Cl)c2F)[C@]12C(=O)Nc1cc(Cl)ccc12. The van der Waals surface area contributed by atoms with Crippen molar-refractivity contribution < 1.29 is 14.0 Å². The number of nitrogens with one attached hydrogen (secondary N) is 3. The summed E-state index contributed by atoms with van der Waals surface area (Å²) in [6.45, 7) is 6.22. The van der Waals surface area contributed by atoms with E-state index in [2.05, 4.69) is 36.7 Å². The molecule has 8 heteroatoms. The van der Waals surface area contributed by atoms with Crippen LogP contribution in [0.1, 0.15) is 44.2 Å². The number of hydrogen-bond donors (Lipinski definition) is 3. The van der Waals surface area contributed by atoms with E-state index in [9.17, 15) is 9.59 Å². The highest BCUT2D eigenvalue weighted by Gasteiger charge is 2.66. The molecule has 5 rings (SSSR count). The van der Waals surface area contributed by atoms with Crippen molar-refractivity contribution >= 4 is 46.4 Å². The standard InChI is InChI=1S/C29H28Cl2FN3O2/c1-28(2,3)15-22-29(19-13-12-16(30)14-21(19)34-27(29)37)23(18-10-7-11-20(31)24(18)32)25(35-22)26(36)33-17-8-5-4-6-9-17/h4-14,22-23,25,35H,15H2,1-3H3,(H,33,36)(H,34,37)/t22-,23-,25+,29+/m0/s1. The first-order valence-electron chi connectivity index (χ1n) is 12.2. The van der Waals surface area contributed by atoms with Crippen molar-refractivity contribution in [2.75, 3.05) is 10.6 Å². The van der Waals surface area contributed by atoms with E-state index >= 15 is 4.39 Å². The Bertz CT molecular complexity index is 1380. The molecule has 0 aromatic heterocycles. The van der Waals surface area contributed by atoms with E-state index in [-0.39, 0.29) is 27.8 Å². The summed E-state index contributed by atoms with van der Waals surface area (Å²) >= 11 is 12.5. The van der Waals surface area contributed by atoms with Gasteiger partial charge in [0.1, 0.15) is 11.2 Å². The molecule has 0 aliphatic carbocycles. The van der Waals surface area contributed by atoms with Gasteiger partial charge in [-0.25, -0.2) is 4.39 Å². The fraction of sp³-hybridized carbons (Fsp3) is 0.310. The normalized spacial score (nSPS) is 24.7. The van der Waals surface area contributed by atoms with Gasteiger partial charge in [-0.2, -0.15) is 0 Å². The molecule has 3 N–H and O–H groups in total. The predicted molar refractivity (Wildman–Crippen MR) is 146 cm³/mol. The molecule has 2 heterocycles. The molecule has 1 spiro atoms. The molecule has 192 valence electrons. The third-order valence-corrected chi connectivity index (χ3v) is 7.79. The number of hydrogen-bond acceptors (Lipinski definition) is 3. The molecule has 1 fully saturated rings. The van der Waals surface area contributed by atoms with Crippen molar-refractivity contribution in [1.82, 2.24) is 5.32 Å². The quantitative estimate of drug-likeness (QED) is 0.353. The third-order valence-electron chi connectivity index (χ3n) is 7.26. The van der Waals surface area contributed by atoms with E-state index in [0.29, 0.717) is 28.4 Å². The highest BCUT2D eigenvalue weighted by Crippen LogP contribution is 2.57. The van der Waals surface area contributed by atoms with Crippen LogP contribution in [-0.2, 0) is 15.0 Å². The summed E-state index contributed by atoms with van der Waals surface area (Å²) in [4.78, 5) is 27.9. The first-order chi connectivity index (χ1) is 17.5. The Labute approximate surface area is 225 Å². The van der Waals surface area contributed by atoms with Gasteiger partial charge >= 0.3 is 0 Å². The Morgan fingerprint density at radius 2 is 1.78 bits per heavy atom. The van der Waals surface area contributed by atoms with E-state index < -0.39 is 29.2 Å². The van der Waals surface area contributed by atoms with Gasteiger partial charge in [0, 0.05) is 28.4 Å². The van der Waals surface area contributed by atoms with Crippen LogP contribution in [-0.4, -0.2) is 23.9 Å². The summed E-state index contributed by atoms with van der Waals surface area (Å²) in [5.74, 6) is -2.18. The van der Waals surface area contributed by atoms with Gasteiger partial charge in [0.15, 0.2) is 0 Å². The molecule has 0 saturated carbocycles. The van der Waals surface area contributed by atoms with Crippen LogP contribution in [0.3, 0.4) is 0 Å². The van der Waals surface area contributed by atoms with Crippen LogP contribution in [0.15, 0.2) is 66.7 Å². The maximum atomic E-state index is 15.7. The second-order valence-electron chi connectivity index (χ2n) is 11.0. The molecule has 2 amide bonds. The van der Waals surface area contributed by atoms with Gasteiger partial charge < -0.3 is 16.0 Å². The maximum absolute atomic E-state index is 15.7. The van der Waals surface area contributed by atoms with Crippen LogP contribution in [0, 0.1) is 11.2 Å². The number of benzene rings is 3. The lowest BCUT2D eigenvalue weighted by Crippen LogP contribution is -2.49. The molecule has 3 aromatic carbocycles. The summed E-state index contributed by atoms with van der Waals surface area (Å²) in [6.07, 6.45) is 0.552. The van der Waals surface area contributed by atoms with Crippen LogP contribution in [0.25, 0.3) is 0 Å². The van der Waals surface area contributed by atoms with Gasteiger partial charge in [-0.15, -0.1) is 0 Å². The lowest BCUT2D eigenvalue weighted by atomic mass is 9.62. The minimum Gasteiger partial charge on any atom is -0.325 e. The average molecular weight is 540 g/mol. The molecule has 3 aromatic rings. The summed E-state index contributed by atoms with van der Waals surface area (Å²) in [5, 5.41) is 9.80. The van der Waals surface area contributed by atoms with Gasteiger partial charge in [0.05, 0.1) is 11.1 Å². The lowest BCUT2D eigenvalue weighted by Gasteiger charge is -2.37. The van der Waals surface area contributed by atoms with E-state index in [1.54, 1.807) is 42.5 Å². The van der Waals surface area contributed by atoms with Crippen molar-refractivity contribution in [3.05, 3.63) is 93.7 Å². The highest BCUT2D eigenvalue weighted by atomic mass is 35.5. The van der Waals surface area contributed by atoms with Crippen LogP contribution >= 0.6 is 23.2 Å². The number of rotatable bonds is 4. The lowest BCUT2D eigenvalue weighted by molar-refractivity contribution is -0.122.